The van der Waals surface area contributed by atoms with Crippen molar-refractivity contribution in [3.63, 3.8) is 0 Å². The van der Waals surface area contributed by atoms with Gasteiger partial charge < -0.3 is 14.2 Å². The third-order valence-corrected chi connectivity index (χ3v) is 10.4. The maximum absolute atomic E-state index is 12.8. The summed E-state index contributed by atoms with van der Waals surface area (Å²) in [7, 11) is 0. The molecule has 0 bridgehead atoms. The number of rotatable bonds is 44. The highest BCUT2D eigenvalue weighted by Gasteiger charge is 2.19. The Morgan fingerprint density at radius 3 is 1.08 bits per heavy atom. The summed E-state index contributed by atoms with van der Waals surface area (Å²) in [5.41, 5.74) is 0. The van der Waals surface area contributed by atoms with Crippen molar-refractivity contribution in [2.24, 2.45) is 0 Å². The van der Waals surface area contributed by atoms with Crippen LogP contribution in [-0.4, -0.2) is 37.2 Å². The molecule has 0 aromatic rings. The number of hydrogen-bond acceptors (Lipinski definition) is 6. The Morgan fingerprint density at radius 1 is 0.344 bits per heavy atom. The summed E-state index contributed by atoms with van der Waals surface area (Å²) in [6, 6.07) is 0. The summed E-state index contributed by atoms with van der Waals surface area (Å²) in [5.74, 6) is -0.979. The Morgan fingerprint density at radius 2 is 0.656 bits per heavy atom. The largest absolute Gasteiger partial charge is 0.462 e. The number of hydrogen-bond donors (Lipinski definition) is 0. The molecular weight excluding hydrogens is 757 g/mol. The second-order valence-corrected chi connectivity index (χ2v) is 16.3. The molecule has 0 fully saturated rings. The lowest BCUT2D eigenvalue weighted by atomic mass is 10.1. The molecule has 0 aliphatic carbocycles. The fraction of sp³-hybridized carbons (Fsp3) is 0.691. The smallest absolute Gasteiger partial charge is 0.306 e. The van der Waals surface area contributed by atoms with Gasteiger partial charge in [-0.1, -0.05) is 202 Å². The van der Waals surface area contributed by atoms with Gasteiger partial charge in [-0.05, 0) is 89.9 Å². The summed E-state index contributed by atoms with van der Waals surface area (Å²) in [4.78, 5) is 37.9. The molecule has 0 N–H and O–H groups in total. The van der Waals surface area contributed by atoms with Crippen molar-refractivity contribution in [1.29, 1.82) is 0 Å². The lowest BCUT2D eigenvalue weighted by molar-refractivity contribution is -0.167. The SMILES string of the molecule is CC/C=C\C/C=C\C/C=C\C/C=C\C/C=C\CCCC(=O)O[C@H](COC(=O)CCCCCCC/C=C\C/C=C\CCCCC)COC(=O)CCCCCCCCCCCCC. The van der Waals surface area contributed by atoms with Crippen molar-refractivity contribution in [2.45, 2.75) is 232 Å². The third-order valence-electron chi connectivity index (χ3n) is 10.4. The molecule has 0 rings (SSSR count). The number of carbonyl (C=O) groups excluding carboxylic acids is 3. The predicted octanol–water partition coefficient (Wildman–Crippen LogP) is 16.4. The average Bonchev–Trinajstić information content (AvgIpc) is 3.26. The van der Waals surface area contributed by atoms with E-state index in [2.05, 4.69) is 106 Å². The molecule has 0 aromatic heterocycles. The Kier molecular flexibility index (Phi) is 46.5. The number of unbranched alkanes of at least 4 members (excludes halogenated alkanes) is 19. The maximum Gasteiger partial charge on any atom is 0.306 e. The molecule has 0 amide bonds. The van der Waals surface area contributed by atoms with Crippen molar-refractivity contribution in [1.82, 2.24) is 0 Å². The van der Waals surface area contributed by atoms with Gasteiger partial charge >= 0.3 is 17.9 Å². The highest BCUT2D eigenvalue weighted by molar-refractivity contribution is 5.71. The van der Waals surface area contributed by atoms with Crippen LogP contribution in [0.3, 0.4) is 0 Å². The lowest BCUT2D eigenvalue weighted by Crippen LogP contribution is -2.30. The van der Waals surface area contributed by atoms with Crippen LogP contribution in [-0.2, 0) is 28.6 Å². The topological polar surface area (TPSA) is 78.9 Å². The van der Waals surface area contributed by atoms with Crippen molar-refractivity contribution in [2.75, 3.05) is 13.2 Å². The van der Waals surface area contributed by atoms with Crippen LogP contribution in [0.1, 0.15) is 226 Å². The van der Waals surface area contributed by atoms with E-state index in [1.807, 2.05) is 0 Å². The number of allylic oxidation sites excluding steroid dienone is 14. The van der Waals surface area contributed by atoms with Gasteiger partial charge in [0.2, 0.25) is 0 Å². The van der Waals surface area contributed by atoms with E-state index in [0.29, 0.717) is 19.3 Å². The summed E-state index contributed by atoms with van der Waals surface area (Å²) < 4.78 is 16.7. The van der Waals surface area contributed by atoms with Gasteiger partial charge in [-0.25, -0.2) is 0 Å². The molecule has 0 radical (unpaired) electrons. The summed E-state index contributed by atoms with van der Waals surface area (Å²) >= 11 is 0. The lowest BCUT2D eigenvalue weighted by Gasteiger charge is -2.18. The standard InChI is InChI=1S/C55H92O6/c1-4-7-10-13-16-19-22-24-26-27-29-31-34-37-40-43-46-49-55(58)61-52(50-59-53(56)47-44-41-38-35-32-21-18-15-12-9-6-3)51-60-54(57)48-45-42-39-36-33-30-28-25-23-20-17-14-11-8-5-2/h7,10,16-17,19-20,24-26,28-29,31,37,40,52H,4-6,8-9,11-15,18,21-23,27,30,32-36,38-39,41-51H2,1-3H3/b10-7-,19-16-,20-17-,26-24-,28-25-,31-29-,40-37-/t52-/m0/s1. The van der Waals surface area contributed by atoms with Crippen LogP contribution in [0, 0.1) is 0 Å². The monoisotopic (exact) mass is 849 g/mol. The molecule has 0 spiro atoms. The van der Waals surface area contributed by atoms with Crippen molar-refractivity contribution >= 4 is 17.9 Å². The highest BCUT2D eigenvalue weighted by Crippen LogP contribution is 2.14. The molecule has 348 valence electrons. The van der Waals surface area contributed by atoms with E-state index in [1.54, 1.807) is 0 Å². The second-order valence-electron chi connectivity index (χ2n) is 16.3. The summed E-state index contributed by atoms with van der Waals surface area (Å²) in [6.45, 7) is 6.42. The Labute approximate surface area is 375 Å². The molecule has 0 aliphatic heterocycles. The van der Waals surface area contributed by atoms with Gasteiger partial charge in [0, 0.05) is 19.3 Å². The number of esters is 3. The molecule has 61 heavy (non-hydrogen) atoms. The minimum Gasteiger partial charge on any atom is -0.462 e. The first-order valence-electron chi connectivity index (χ1n) is 25.1. The fourth-order valence-corrected chi connectivity index (χ4v) is 6.62. The van der Waals surface area contributed by atoms with E-state index in [-0.39, 0.29) is 37.5 Å². The Bertz CT molecular complexity index is 1200. The Balaban J connectivity index is 4.50. The van der Waals surface area contributed by atoms with Gasteiger partial charge in [-0.3, -0.25) is 14.4 Å². The van der Waals surface area contributed by atoms with E-state index in [1.165, 1.54) is 77.0 Å². The van der Waals surface area contributed by atoms with Gasteiger partial charge in [0.25, 0.3) is 0 Å². The van der Waals surface area contributed by atoms with Gasteiger partial charge in [-0.2, -0.15) is 0 Å². The molecule has 6 nitrogen and oxygen atoms in total. The summed E-state index contributed by atoms with van der Waals surface area (Å²) in [5, 5.41) is 0. The van der Waals surface area contributed by atoms with E-state index >= 15 is 0 Å². The molecule has 0 aliphatic rings. The normalized spacial score (nSPS) is 12.8. The zero-order valence-corrected chi connectivity index (χ0v) is 39.7. The summed E-state index contributed by atoms with van der Waals surface area (Å²) in [6.07, 6.45) is 62.8. The fourth-order valence-electron chi connectivity index (χ4n) is 6.62. The molecule has 0 saturated carbocycles. The maximum atomic E-state index is 12.8. The molecule has 1 atom stereocenters. The molecule has 6 heteroatoms. The van der Waals surface area contributed by atoms with E-state index < -0.39 is 6.10 Å². The van der Waals surface area contributed by atoms with Crippen LogP contribution in [0.4, 0.5) is 0 Å². The minimum absolute atomic E-state index is 0.103. The van der Waals surface area contributed by atoms with Crippen LogP contribution in [0.15, 0.2) is 85.1 Å². The molecular formula is C55H92O6. The van der Waals surface area contributed by atoms with Gasteiger partial charge in [0.1, 0.15) is 13.2 Å². The average molecular weight is 849 g/mol. The zero-order chi connectivity index (χ0) is 44.4. The van der Waals surface area contributed by atoms with E-state index in [0.717, 1.165) is 103 Å². The molecule has 0 saturated heterocycles. The highest BCUT2D eigenvalue weighted by atomic mass is 16.6. The first-order valence-corrected chi connectivity index (χ1v) is 25.1. The van der Waals surface area contributed by atoms with E-state index in [4.69, 9.17) is 14.2 Å². The van der Waals surface area contributed by atoms with Crippen LogP contribution in [0.5, 0.6) is 0 Å². The second kappa shape index (κ2) is 49.2. The van der Waals surface area contributed by atoms with Gasteiger partial charge in [0.15, 0.2) is 6.10 Å². The van der Waals surface area contributed by atoms with Crippen molar-refractivity contribution in [3.8, 4) is 0 Å². The molecule has 0 aromatic carbocycles. The predicted molar refractivity (Wildman–Crippen MR) is 261 cm³/mol. The van der Waals surface area contributed by atoms with Crippen molar-refractivity contribution in [3.05, 3.63) is 85.1 Å². The zero-order valence-electron chi connectivity index (χ0n) is 39.7. The number of carbonyl (C=O) groups is 3. The van der Waals surface area contributed by atoms with Crippen LogP contribution in [0.2, 0.25) is 0 Å². The third kappa shape index (κ3) is 47.5. The van der Waals surface area contributed by atoms with Crippen LogP contribution < -0.4 is 0 Å². The minimum atomic E-state index is -0.809. The number of ether oxygens (including phenoxy) is 3. The van der Waals surface area contributed by atoms with Gasteiger partial charge in [-0.15, -0.1) is 0 Å². The van der Waals surface area contributed by atoms with E-state index in [9.17, 15) is 14.4 Å². The first kappa shape index (κ1) is 57.6. The molecule has 0 unspecified atom stereocenters. The van der Waals surface area contributed by atoms with Crippen molar-refractivity contribution < 1.29 is 28.6 Å². The molecule has 0 heterocycles. The van der Waals surface area contributed by atoms with Gasteiger partial charge in [0.05, 0.1) is 0 Å². The Hall–Kier alpha value is -3.41. The quantitative estimate of drug-likeness (QED) is 0.0263. The first-order chi connectivity index (χ1) is 30.0. The van der Waals surface area contributed by atoms with Crippen LogP contribution >= 0.6 is 0 Å². The van der Waals surface area contributed by atoms with Crippen LogP contribution in [0.25, 0.3) is 0 Å².